The maximum absolute atomic E-state index is 11.8. The van der Waals surface area contributed by atoms with Crippen molar-refractivity contribution in [2.45, 2.75) is 46.1 Å². The number of carbonyl (C=O) groups excluding carboxylic acids is 3. The normalized spacial score (nSPS) is 11.3. The quantitative estimate of drug-likeness (QED) is 0.104. The number of nitrogens with one attached hydrogen (secondary N) is 3. The van der Waals surface area contributed by atoms with E-state index in [2.05, 4.69) is 16.2 Å². The molecule has 0 aliphatic carbocycles. The molecular weight excluding hydrogens is 518 g/mol. The van der Waals surface area contributed by atoms with Crippen molar-refractivity contribution in [1.29, 1.82) is 0 Å². The Bertz CT molecular complexity index is 619. The largest absolute Gasteiger partial charge is 0.443 e. The lowest BCUT2D eigenvalue weighted by Gasteiger charge is -2.19. The summed E-state index contributed by atoms with van der Waals surface area (Å²) < 4.78 is 42.5. The highest BCUT2D eigenvalue weighted by atomic mass is 16.6. The lowest BCUT2D eigenvalue weighted by atomic mass is 10.2. The van der Waals surface area contributed by atoms with Gasteiger partial charge in [-0.25, -0.2) is 10.2 Å². The number of hydrazine groups is 1. The second-order valence-corrected chi connectivity index (χ2v) is 8.90. The first kappa shape index (κ1) is 36.9. The summed E-state index contributed by atoms with van der Waals surface area (Å²) in [6.45, 7) is 14.3. The highest BCUT2D eigenvalue weighted by molar-refractivity contribution is 5.84. The minimum Gasteiger partial charge on any atom is -0.443 e. The first-order chi connectivity index (χ1) is 18.7. The Balaban J connectivity index is 3.30. The molecule has 0 radical (unpaired) electrons. The third kappa shape index (κ3) is 30.3. The first-order valence-corrected chi connectivity index (χ1v) is 13.3. The van der Waals surface area contributed by atoms with Crippen molar-refractivity contribution in [3.8, 4) is 0 Å². The molecule has 0 aromatic carbocycles. The van der Waals surface area contributed by atoms with Crippen molar-refractivity contribution in [2.75, 3.05) is 99.0 Å². The molecule has 3 N–H and O–H groups in total. The monoisotopic (exact) mass is 567 g/mol. The van der Waals surface area contributed by atoms with Gasteiger partial charge in [0.15, 0.2) is 0 Å². The van der Waals surface area contributed by atoms with Gasteiger partial charge >= 0.3 is 6.09 Å². The van der Waals surface area contributed by atoms with E-state index >= 15 is 0 Å². The third-order valence-corrected chi connectivity index (χ3v) is 4.29. The second-order valence-electron chi connectivity index (χ2n) is 8.90. The van der Waals surface area contributed by atoms with Crippen LogP contribution >= 0.6 is 0 Å². The molecule has 0 aromatic heterocycles. The fraction of sp³-hybridized carbons (Fsp3) is 0.880. The molecule has 0 spiro atoms. The molecule has 0 aliphatic heterocycles. The van der Waals surface area contributed by atoms with Crippen molar-refractivity contribution >= 4 is 17.9 Å². The van der Waals surface area contributed by atoms with E-state index in [1.165, 1.54) is 0 Å². The van der Waals surface area contributed by atoms with Crippen LogP contribution < -0.4 is 16.2 Å². The summed E-state index contributed by atoms with van der Waals surface area (Å²) in [6, 6.07) is 0. The average molecular weight is 568 g/mol. The second kappa shape index (κ2) is 26.2. The molecule has 0 fully saturated rings. The van der Waals surface area contributed by atoms with E-state index in [4.69, 9.17) is 37.9 Å². The van der Waals surface area contributed by atoms with Crippen molar-refractivity contribution in [3.05, 3.63) is 0 Å². The fourth-order valence-corrected chi connectivity index (χ4v) is 2.53. The van der Waals surface area contributed by atoms with Gasteiger partial charge in [-0.15, -0.1) is 0 Å². The van der Waals surface area contributed by atoms with E-state index in [1.54, 1.807) is 20.8 Å². The Labute approximate surface area is 232 Å². The smallest absolute Gasteiger partial charge is 0.426 e. The lowest BCUT2D eigenvalue weighted by molar-refractivity contribution is -0.127. The van der Waals surface area contributed by atoms with Crippen molar-refractivity contribution < 1.29 is 52.3 Å². The van der Waals surface area contributed by atoms with E-state index in [-0.39, 0.29) is 18.7 Å². The summed E-state index contributed by atoms with van der Waals surface area (Å²) in [5, 5.41) is 2.65. The molecule has 14 nitrogen and oxygen atoms in total. The van der Waals surface area contributed by atoms with Gasteiger partial charge in [-0.2, -0.15) is 0 Å². The van der Waals surface area contributed by atoms with Gasteiger partial charge in [0.2, 0.25) is 11.8 Å². The van der Waals surface area contributed by atoms with Crippen LogP contribution in [0.2, 0.25) is 0 Å². The molecule has 3 amide bonds. The minimum atomic E-state index is -0.775. The Morgan fingerprint density at radius 3 is 1.33 bits per heavy atom. The number of hydrogen-bond donors (Lipinski definition) is 3. The molecule has 39 heavy (non-hydrogen) atoms. The third-order valence-electron chi connectivity index (χ3n) is 4.29. The predicted octanol–water partition coefficient (Wildman–Crippen LogP) is 0.575. The Kier molecular flexibility index (Phi) is 24.8. The fourth-order valence-electron chi connectivity index (χ4n) is 2.53. The van der Waals surface area contributed by atoms with E-state index < -0.39 is 17.6 Å². The summed E-state index contributed by atoms with van der Waals surface area (Å²) in [5.74, 6) is -0.799. The minimum absolute atomic E-state index is 0.0189. The molecule has 0 saturated carbocycles. The molecule has 0 atom stereocenters. The van der Waals surface area contributed by atoms with Crippen LogP contribution in [0.15, 0.2) is 0 Å². The maximum atomic E-state index is 11.8. The molecular formula is C25H49N3O11. The summed E-state index contributed by atoms with van der Waals surface area (Å²) in [7, 11) is 0. The van der Waals surface area contributed by atoms with Gasteiger partial charge in [-0.05, 0) is 27.7 Å². The zero-order chi connectivity index (χ0) is 29.0. The molecule has 0 aromatic rings. The van der Waals surface area contributed by atoms with Crippen LogP contribution in [0.4, 0.5) is 4.79 Å². The number of rotatable bonds is 25. The molecule has 14 heteroatoms. The van der Waals surface area contributed by atoms with Crippen molar-refractivity contribution in [1.82, 2.24) is 16.2 Å². The van der Waals surface area contributed by atoms with Crippen LogP contribution in [-0.2, 0) is 47.5 Å². The van der Waals surface area contributed by atoms with Crippen LogP contribution in [0.5, 0.6) is 0 Å². The Morgan fingerprint density at radius 2 is 0.923 bits per heavy atom. The number of ether oxygens (including phenoxy) is 8. The Morgan fingerprint density at radius 1 is 0.538 bits per heavy atom. The Hall–Kier alpha value is -2.07. The summed E-state index contributed by atoms with van der Waals surface area (Å²) in [4.78, 5) is 34.9. The van der Waals surface area contributed by atoms with Gasteiger partial charge in [0.05, 0.1) is 85.9 Å². The van der Waals surface area contributed by atoms with Crippen LogP contribution in [0, 0.1) is 0 Å². The topological polar surface area (TPSA) is 161 Å². The van der Waals surface area contributed by atoms with Crippen molar-refractivity contribution in [3.63, 3.8) is 0 Å². The number of hydrogen-bond acceptors (Lipinski definition) is 11. The van der Waals surface area contributed by atoms with E-state index in [0.29, 0.717) is 99.0 Å². The van der Waals surface area contributed by atoms with Gasteiger partial charge in [-0.1, -0.05) is 0 Å². The molecule has 0 heterocycles. The van der Waals surface area contributed by atoms with Crippen molar-refractivity contribution in [2.24, 2.45) is 0 Å². The zero-order valence-corrected chi connectivity index (χ0v) is 24.0. The van der Waals surface area contributed by atoms with Gasteiger partial charge in [-0.3, -0.25) is 15.0 Å². The molecule has 0 rings (SSSR count). The number of carbonyl (C=O) groups is 3. The molecule has 0 unspecified atom stereocenters. The standard InChI is InChI=1S/C25H49N3O11/c1-5-32-10-11-34-14-15-36-18-19-38-21-20-37-17-16-35-13-12-33-9-8-26-22(29)6-7-23(30)27-28-24(31)39-25(2,3)4/h5-21H2,1-4H3,(H,26,29)(H,27,30)(H,28,31). The molecule has 0 aliphatic rings. The predicted molar refractivity (Wildman–Crippen MR) is 141 cm³/mol. The van der Waals surface area contributed by atoms with Crippen LogP contribution in [-0.4, -0.2) is 123 Å². The maximum Gasteiger partial charge on any atom is 0.426 e. The first-order valence-electron chi connectivity index (χ1n) is 13.3. The number of amides is 3. The van der Waals surface area contributed by atoms with Gasteiger partial charge in [0.1, 0.15) is 5.60 Å². The average Bonchev–Trinajstić information content (AvgIpc) is 2.88. The zero-order valence-electron chi connectivity index (χ0n) is 24.0. The van der Waals surface area contributed by atoms with Gasteiger partial charge in [0, 0.05) is 26.0 Å². The SMILES string of the molecule is CCOCCOCCOCCOCCOCCOCCOCCNC(=O)CCC(=O)NNC(=O)OC(C)(C)C. The highest BCUT2D eigenvalue weighted by Gasteiger charge is 2.16. The van der Waals surface area contributed by atoms with E-state index in [9.17, 15) is 14.4 Å². The van der Waals surface area contributed by atoms with Gasteiger partial charge in [0.25, 0.3) is 0 Å². The van der Waals surface area contributed by atoms with Gasteiger partial charge < -0.3 is 43.2 Å². The summed E-state index contributed by atoms with van der Waals surface area (Å²) >= 11 is 0. The highest BCUT2D eigenvalue weighted by Crippen LogP contribution is 2.05. The summed E-state index contributed by atoms with van der Waals surface area (Å²) in [5.41, 5.74) is 3.63. The van der Waals surface area contributed by atoms with Crippen LogP contribution in [0.25, 0.3) is 0 Å². The lowest BCUT2D eigenvalue weighted by Crippen LogP contribution is -2.44. The van der Waals surface area contributed by atoms with Crippen LogP contribution in [0.1, 0.15) is 40.5 Å². The molecule has 230 valence electrons. The molecule has 0 saturated heterocycles. The van der Waals surface area contributed by atoms with E-state index in [1.807, 2.05) is 6.92 Å². The summed E-state index contributed by atoms with van der Waals surface area (Å²) in [6.07, 6.45) is -0.872. The van der Waals surface area contributed by atoms with Crippen LogP contribution in [0.3, 0.4) is 0 Å². The molecule has 0 bridgehead atoms. The van der Waals surface area contributed by atoms with E-state index in [0.717, 1.165) is 0 Å².